The zero-order valence-corrected chi connectivity index (χ0v) is 15.5. The third-order valence-electron chi connectivity index (χ3n) is 3.03. The molecule has 1 atom stereocenters. The number of ketones is 1. The van der Waals surface area contributed by atoms with E-state index >= 15 is 0 Å². The number of amides is 1. The van der Waals surface area contributed by atoms with Gasteiger partial charge in [0.25, 0.3) is 0 Å². The third kappa shape index (κ3) is 7.98. The second-order valence-electron chi connectivity index (χ2n) is 6.32. The van der Waals surface area contributed by atoms with Crippen molar-refractivity contribution in [2.45, 2.75) is 51.7 Å². The fourth-order valence-electron chi connectivity index (χ4n) is 1.97. The Morgan fingerprint density at radius 2 is 1.91 bits per heavy atom. The molecule has 0 unspecified atom stereocenters. The molecule has 1 aromatic rings. The Kier molecular flexibility index (Phi) is 7.49. The van der Waals surface area contributed by atoms with Crippen molar-refractivity contribution in [3.05, 3.63) is 47.0 Å². The fraction of sp³-hybridized carbons (Fsp3) is 0.444. The molecule has 126 valence electrons. The zero-order valence-electron chi connectivity index (χ0n) is 13.9. The van der Waals surface area contributed by atoms with Gasteiger partial charge in [-0.3, -0.25) is 4.79 Å². The summed E-state index contributed by atoms with van der Waals surface area (Å²) in [5, 5.41) is 2.69. The van der Waals surface area contributed by atoms with Crippen LogP contribution in [0, 0.1) is 0 Å². The highest BCUT2D eigenvalue weighted by Crippen LogP contribution is 2.14. The van der Waals surface area contributed by atoms with Crippen molar-refractivity contribution in [1.29, 1.82) is 0 Å². The Morgan fingerprint density at radius 1 is 1.30 bits per heavy atom. The lowest BCUT2D eigenvalue weighted by Crippen LogP contribution is -2.44. The standard InChI is InChI=1S/C18H24BrNO3/c1-5-6-7-16(21)15(20-17(22)23-18(2,3)4)12-13-8-10-14(19)11-9-13/h5,8-11,15H,1,6-7,12H2,2-4H3,(H,20,22)/t15-/m0/s1. The summed E-state index contributed by atoms with van der Waals surface area (Å²) in [6.45, 7) is 8.99. The van der Waals surface area contributed by atoms with Crippen LogP contribution in [0.1, 0.15) is 39.2 Å². The molecule has 0 aromatic heterocycles. The molecular formula is C18H24BrNO3. The van der Waals surface area contributed by atoms with Crippen LogP contribution in [0.5, 0.6) is 0 Å². The van der Waals surface area contributed by atoms with E-state index in [1.54, 1.807) is 26.8 Å². The van der Waals surface area contributed by atoms with Crippen molar-refractivity contribution in [3.63, 3.8) is 0 Å². The van der Waals surface area contributed by atoms with Crippen LogP contribution in [0.3, 0.4) is 0 Å². The smallest absolute Gasteiger partial charge is 0.408 e. The lowest BCUT2D eigenvalue weighted by Gasteiger charge is -2.23. The van der Waals surface area contributed by atoms with Gasteiger partial charge in [-0.15, -0.1) is 6.58 Å². The van der Waals surface area contributed by atoms with E-state index in [0.29, 0.717) is 19.3 Å². The third-order valence-corrected chi connectivity index (χ3v) is 3.56. The summed E-state index contributed by atoms with van der Waals surface area (Å²) in [5.41, 5.74) is 0.373. The molecule has 5 heteroatoms. The van der Waals surface area contributed by atoms with E-state index in [4.69, 9.17) is 4.74 Å². The Hall–Kier alpha value is -1.62. The first-order valence-electron chi connectivity index (χ1n) is 7.59. The van der Waals surface area contributed by atoms with E-state index in [1.165, 1.54) is 0 Å². The van der Waals surface area contributed by atoms with Gasteiger partial charge in [-0.25, -0.2) is 4.79 Å². The first-order chi connectivity index (χ1) is 10.7. The predicted molar refractivity (Wildman–Crippen MR) is 95.4 cm³/mol. The van der Waals surface area contributed by atoms with Crippen molar-refractivity contribution in [3.8, 4) is 0 Å². The number of carbonyl (C=O) groups excluding carboxylic acids is 2. The number of hydrogen-bond donors (Lipinski definition) is 1. The summed E-state index contributed by atoms with van der Waals surface area (Å²) < 4.78 is 6.22. The normalized spacial score (nSPS) is 12.3. The summed E-state index contributed by atoms with van der Waals surface area (Å²) in [6.07, 6.45) is 2.49. The lowest BCUT2D eigenvalue weighted by molar-refractivity contribution is -0.121. The van der Waals surface area contributed by atoms with Crippen LogP contribution in [-0.4, -0.2) is 23.5 Å². The minimum Gasteiger partial charge on any atom is -0.444 e. The maximum atomic E-state index is 12.3. The number of hydrogen-bond acceptors (Lipinski definition) is 3. The molecular weight excluding hydrogens is 358 g/mol. The average molecular weight is 382 g/mol. The van der Waals surface area contributed by atoms with Gasteiger partial charge in [-0.05, 0) is 51.3 Å². The number of carbonyl (C=O) groups is 2. The molecule has 1 amide bonds. The van der Waals surface area contributed by atoms with Crippen molar-refractivity contribution in [2.24, 2.45) is 0 Å². The van der Waals surface area contributed by atoms with Crippen molar-refractivity contribution < 1.29 is 14.3 Å². The first kappa shape index (κ1) is 19.4. The maximum absolute atomic E-state index is 12.3. The number of ether oxygens (including phenoxy) is 1. The van der Waals surface area contributed by atoms with Crippen LogP contribution in [0.4, 0.5) is 4.79 Å². The molecule has 0 bridgehead atoms. The molecule has 0 fully saturated rings. The largest absolute Gasteiger partial charge is 0.444 e. The number of rotatable bonds is 7. The molecule has 1 rings (SSSR count). The van der Waals surface area contributed by atoms with Crippen molar-refractivity contribution >= 4 is 27.8 Å². The quantitative estimate of drug-likeness (QED) is 0.711. The van der Waals surface area contributed by atoms with Gasteiger partial charge in [0.15, 0.2) is 5.78 Å². The van der Waals surface area contributed by atoms with Crippen LogP contribution in [0.15, 0.2) is 41.4 Å². The molecule has 0 heterocycles. The number of benzene rings is 1. The average Bonchev–Trinajstić information content (AvgIpc) is 2.44. The van der Waals surface area contributed by atoms with E-state index < -0.39 is 17.7 Å². The molecule has 0 radical (unpaired) electrons. The van der Waals surface area contributed by atoms with Gasteiger partial charge in [-0.2, -0.15) is 0 Å². The summed E-state index contributed by atoms with van der Waals surface area (Å²) in [4.78, 5) is 24.3. The van der Waals surface area contributed by atoms with Crippen LogP contribution < -0.4 is 5.32 Å². The Morgan fingerprint density at radius 3 is 2.43 bits per heavy atom. The molecule has 0 aliphatic rings. The number of nitrogens with one attached hydrogen (secondary N) is 1. The second-order valence-corrected chi connectivity index (χ2v) is 7.24. The van der Waals surface area contributed by atoms with Gasteiger partial charge < -0.3 is 10.1 Å². The summed E-state index contributed by atoms with van der Waals surface area (Å²) in [7, 11) is 0. The minimum absolute atomic E-state index is 0.0290. The van der Waals surface area contributed by atoms with Crippen LogP contribution in [-0.2, 0) is 16.0 Å². The van der Waals surface area contributed by atoms with Crippen molar-refractivity contribution in [2.75, 3.05) is 0 Å². The fourth-order valence-corrected chi connectivity index (χ4v) is 2.23. The number of Topliss-reactive ketones (excluding diaryl/α,β-unsaturated/α-hetero) is 1. The van der Waals surface area contributed by atoms with E-state index in [2.05, 4.69) is 27.8 Å². The molecule has 4 nitrogen and oxygen atoms in total. The van der Waals surface area contributed by atoms with Gasteiger partial charge in [0, 0.05) is 10.9 Å². The van der Waals surface area contributed by atoms with Crippen molar-refractivity contribution in [1.82, 2.24) is 5.32 Å². The second kappa shape index (κ2) is 8.87. The number of allylic oxidation sites excluding steroid dienone is 1. The molecule has 0 aliphatic heterocycles. The van der Waals surface area contributed by atoms with Crippen LogP contribution in [0.2, 0.25) is 0 Å². The highest BCUT2D eigenvalue weighted by molar-refractivity contribution is 9.10. The molecule has 23 heavy (non-hydrogen) atoms. The summed E-state index contributed by atoms with van der Waals surface area (Å²) >= 11 is 3.38. The molecule has 0 spiro atoms. The van der Waals surface area contributed by atoms with Crippen LogP contribution >= 0.6 is 15.9 Å². The molecule has 0 aliphatic carbocycles. The lowest BCUT2D eigenvalue weighted by atomic mass is 10.00. The predicted octanol–water partition coefficient (Wildman–Crippen LogP) is 4.42. The molecule has 1 aromatic carbocycles. The molecule has 0 saturated heterocycles. The van der Waals surface area contributed by atoms with Gasteiger partial charge in [0.2, 0.25) is 0 Å². The Bertz CT molecular complexity index is 546. The first-order valence-corrected chi connectivity index (χ1v) is 8.38. The Balaban J connectivity index is 2.79. The van der Waals surface area contributed by atoms with Gasteiger partial charge >= 0.3 is 6.09 Å². The van der Waals surface area contributed by atoms with Gasteiger partial charge in [-0.1, -0.05) is 34.1 Å². The summed E-state index contributed by atoms with van der Waals surface area (Å²) in [5.74, 6) is -0.0290. The Labute approximate surface area is 146 Å². The van der Waals surface area contributed by atoms with Crippen LogP contribution in [0.25, 0.3) is 0 Å². The topological polar surface area (TPSA) is 55.4 Å². The van der Waals surface area contributed by atoms with E-state index in [0.717, 1.165) is 10.0 Å². The minimum atomic E-state index is -0.606. The van der Waals surface area contributed by atoms with E-state index in [9.17, 15) is 9.59 Å². The number of alkyl carbamates (subject to hydrolysis) is 1. The van der Waals surface area contributed by atoms with E-state index in [-0.39, 0.29) is 5.78 Å². The highest BCUT2D eigenvalue weighted by atomic mass is 79.9. The maximum Gasteiger partial charge on any atom is 0.408 e. The molecule has 0 saturated carbocycles. The van der Waals surface area contributed by atoms with Gasteiger partial charge in [0.05, 0.1) is 6.04 Å². The van der Waals surface area contributed by atoms with E-state index in [1.807, 2.05) is 24.3 Å². The molecule has 1 N–H and O–H groups in total. The summed E-state index contributed by atoms with van der Waals surface area (Å²) in [6, 6.07) is 7.07. The SMILES string of the molecule is C=CCCC(=O)[C@H](Cc1ccc(Br)cc1)NC(=O)OC(C)(C)C. The highest BCUT2D eigenvalue weighted by Gasteiger charge is 2.24. The monoisotopic (exact) mass is 381 g/mol. The van der Waals surface area contributed by atoms with Gasteiger partial charge in [0.1, 0.15) is 5.60 Å². The number of halogens is 1. The zero-order chi connectivity index (χ0) is 17.5.